The Balaban J connectivity index is 2.19. The lowest BCUT2D eigenvalue weighted by Crippen LogP contribution is -2.23. The van der Waals surface area contributed by atoms with Crippen LogP contribution in [0.1, 0.15) is 18.9 Å². The summed E-state index contributed by atoms with van der Waals surface area (Å²) in [6, 6.07) is 6.72. The predicted octanol–water partition coefficient (Wildman–Crippen LogP) is 3.42. The standard InChI is InChI=1S/C14H15Cl2N3O/c1-2-5-17-12-7-14(20)19(18-8-12)9-10-3-4-11(15)6-13(10)16/h3-4,6-8,17H,2,5,9H2,1H3. The fourth-order valence-corrected chi connectivity index (χ4v) is 2.20. The molecule has 0 aliphatic carbocycles. The van der Waals surface area contributed by atoms with E-state index in [1.54, 1.807) is 24.4 Å². The van der Waals surface area contributed by atoms with Crippen LogP contribution in [0.4, 0.5) is 5.69 Å². The molecule has 4 nitrogen and oxygen atoms in total. The van der Waals surface area contributed by atoms with Crippen LogP contribution in [0.2, 0.25) is 10.0 Å². The lowest BCUT2D eigenvalue weighted by Gasteiger charge is -2.08. The van der Waals surface area contributed by atoms with Crippen LogP contribution in [0.3, 0.4) is 0 Å². The number of aromatic nitrogens is 2. The van der Waals surface area contributed by atoms with Gasteiger partial charge in [0, 0.05) is 22.7 Å². The SMILES string of the molecule is CCCNc1cnn(Cc2ccc(Cl)cc2Cl)c(=O)c1. The molecular formula is C14H15Cl2N3O. The molecule has 106 valence electrons. The fraction of sp³-hybridized carbons (Fsp3) is 0.286. The van der Waals surface area contributed by atoms with E-state index in [0.29, 0.717) is 16.6 Å². The van der Waals surface area contributed by atoms with E-state index in [-0.39, 0.29) is 5.56 Å². The van der Waals surface area contributed by atoms with Gasteiger partial charge in [-0.25, -0.2) is 4.68 Å². The van der Waals surface area contributed by atoms with Gasteiger partial charge in [0.1, 0.15) is 0 Å². The monoisotopic (exact) mass is 311 g/mol. The summed E-state index contributed by atoms with van der Waals surface area (Å²) >= 11 is 11.9. The number of rotatable bonds is 5. The molecule has 0 spiro atoms. The zero-order chi connectivity index (χ0) is 14.5. The van der Waals surface area contributed by atoms with Crippen molar-refractivity contribution >= 4 is 28.9 Å². The molecule has 0 radical (unpaired) electrons. The highest BCUT2D eigenvalue weighted by Gasteiger charge is 2.05. The Bertz CT molecular complexity index is 655. The topological polar surface area (TPSA) is 46.9 Å². The Labute approximate surface area is 127 Å². The van der Waals surface area contributed by atoms with E-state index in [1.165, 1.54) is 10.7 Å². The summed E-state index contributed by atoms with van der Waals surface area (Å²) in [7, 11) is 0. The number of hydrogen-bond acceptors (Lipinski definition) is 3. The maximum absolute atomic E-state index is 12.0. The van der Waals surface area contributed by atoms with Crippen LogP contribution < -0.4 is 10.9 Å². The minimum atomic E-state index is -0.169. The number of nitrogens with zero attached hydrogens (tertiary/aromatic N) is 2. The highest BCUT2D eigenvalue weighted by Crippen LogP contribution is 2.21. The third-order valence-corrected chi connectivity index (χ3v) is 3.37. The molecule has 6 heteroatoms. The first-order chi connectivity index (χ1) is 9.60. The Morgan fingerprint density at radius 1 is 1.30 bits per heavy atom. The molecule has 1 aromatic carbocycles. The number of nitrogens with one attached hydrogen (secondary N) is 1. The molecule has 2 rings (SSSR count). The van der Waals surface area contributed by atoms with Crippen molar-refractivity contribution in [2.24, 2.45) is 0 Å². The Hall–Kier alpha value is -1.52. The second-order valence-corrected chi connectivity index (χ2v) is 5.25. The van der Waals surface area contributed by atoms with Crippen LogP contribution in [0.25, 0.3) is 0 Å². The summed E-state index contributed by atoms with van der Waals surface area (Å²) in [5, 5.41) is 8.36. The van der Waals surface area contributed by atoms with Gasteiger partial charge in [0.2, 0.25) is 0 Å². The molecule has 2 aromatic rings. The number of anilines is 1. The molecule has 1 aromatic heterocycles. The van der Waals surface area contributed by atoms with Gasteiger partial charge in [-0.05, 0) is 24.1 Å². The van der Waals surface area contributed by atoms with Crippen molar-refractivity contribution in [3.63, 3.8) is 0 Å². The minimum Gasteiger partial charge on any atom is -0.384 e. The molecule has 0 unspecified atom stereocenters. The number of halogens is 2. The van der Waals surface area contributed by atoms with Crippen LogP contribution in [0.15, 0.2) is 35.3 Å². The molecule has 0 bridgehead atoms. The van der Waals surface area contributed by atoms with Crippen LogP contribution >= 0.6 is 23.2 Å². The molecule has 1 N–H and O–H groups in total. The van der Waals surface area contributed by atoms with E-state index in [9.17, 15) is 4.79 Å². The summed E-state index contributed by atoms with van der Waals surface area (Å²) in [5.74, 6) is 0. The summed E-state index contributed by atoms with van der Waals surface area (Å²) < 4.78 is 1.37. The van der Waals surface area contributed by atoms with Gasteiger partial charge >= 0.3 is 0 Å². The number of hydrogen-bond donors (Lipinski definition) is 1. The van der Waals surface area contributed by atoms with Gasteiger partial charge in [0.25, 0.3) is 5.56 Å². The Morgan fingerprint density at radius 3 is 2.75 bits per heavy atom. The molecule has 0 saturated carbocycles. The fourth-order valence-electron chi connectivity index (χ4n) is 1.73. The second-order valence-electron chi connectivity index (χ2n) is 4.40. The van der Waals surface area contributed by atoms with Crippen molar-refractivity contribution in [2.45, 2.75) is 19.9 Å². The van der Waals surface area contributed by atoms with E-state index in [2.05, 4.69) is 17.3 Å². The summed E-state index contributed by atoms with van der Waals surface area (Å²) in [6.45, 7) is 3.20. The van der Waals surface area contributed by atoms with E-state index < -0.39 is 0 Å². The van der Waals surface area contributed by atoms with E-state index in [4.69, 9.17) is 23.2 Å². The van der Waals surface area contributed by atoms with Gasteiger partial charge in [-0.3, -0.25) is 4.79 Å². The molecule has 0 atom stereocenters. The van der Waals surface area contributed by atoms with Gasteiger partial charge in [-0.1, -0.05) is 36.2 Å². The zero-order valence-corrected chi connectivity index (χ0v) is 12.6. The third-order valence-electron chi connectivity index (χ3n) is 2.78. The van der Waals surface area contributed by atoms with Gasteiger partial charge in [-0.2, -0.15) is 5.10 Å². The molecule has 0 aliphatic rings. The maximum atomic E-state index is 12.0. The van der Waals surface area contributed by atoms with Crippen molar-refractivity contribution in [3.05, 3.63) is 56.4 Å². The minimum absolute atomic E-state index is 0.169. The molecule has 0 aliphatic heterocycles. The van der Waals surface area contributed by atoms with Gasteiger partial charge in [0.15, 0.2) is 0 Å². The summed E-state index contributed by atoms with van der Waals surface area (Å²) in [5.41, 5.74) is 1.37. The molecule has 0 fully saturated rings. The largest absolute Gasteiger partial charge is 0.384 e. The molecular weight excluding hydrogens is 297 g/mol. The smallest absolute Gasteiger partial charge is 0.269 e. The third kappa shape index (κ3) is 3.74. The van der Waals surface area contributed by atoms with Crippen molar-refractivity contribution in [2.75, 3.05) is 11.9 Å². The molecule has 1 heterocycles. The first-order valence-electron chi connectivity index (χ1n) is 6.35. The van der Waals surface area contributed by atoms with Crippen molar-refractivity contribution in [1.29, 1.82) is 0 Å². The maximum Gasteiger partial charge on any atom is 0.269 e. The average molecular weight is 312 g/mol. The highest BCUT2D eigenvalue weighted by atomic mass is 35.5. The van der Waals surface area contributed by atoms with Gasteiger partial charge < -0.3 is 5.32 Å². The van der Waals surface area contributed by atoms with E-state index in [0.717, 1.165) is 24.2 Å². The lowest BCUT2D eigenvalue weighted by molar-refractivity contribution is 0.639. The van der Waals surface area contributed by atoms with Crippen molar-refractivity contribution in [1.82, 2.24) is 9.78 Å². The van der Waals surface area contributed by atoms with Crippen LogP contribution in [0, 0.1) is 0 Å². The Morgan fingerprint density at radius 2 is 2.10 bits per heavy atom. The highest BCUT2D eigenvalue weighted by molar-refractivity contribution is 6.35. The molecule has 0 amide bonds. The summed E-state index contributed by atoms with van der Waals surface area (Å²) in [4.78, 5) is 12.0. The van der Waals surface area contributed by atoms with Crippen molar-refractivity contribution in [3.8, 4) is 0 Å². The van der Waals surface area contributed by atoms with Crippen LogP contribution in [0.5, 0.6) is 0 Å². The first kappa shape index (κ1) is 14.9. The van der Waals surface area contributed by atoms with Crippen LogP contribution in [-0.4, -0.2) is 16.3 Å². The Kier molecular flexibility index (Phi) is 5.04. The molecule has 0 saturated heterocycles. The van der Waals surface area contributed by atoms with E-state index >= 15 is 0 Å². The zero-order valence-electron chi connectivity index (χ0n) is 11.1. The summed E-state index contributed by atoms with van der Waals surface area (Å²) in [6.07, 6.45) is 2.63. The van der Waals surface area contributed by atoms with Gasteiger partial charge in [0.05, 0.1) is 18.4 Å². The quantitative estimate of drug-likeness (QED) is 0.920. The van der Waals surface area contributed by atoms with Gasteiger partial charge in [-0.15, -0.1) is 0 Å². The molecule has 20 heavy (non-hydrogen) atoms. The first-order valence-corrected chi connectivity index (χ1v) is 7.10. The van der Waals surface area contributed by atoms with Crippen LogP contribution in [-0.2, 0) is 6.54 Å². The predicted molar refractivity (Wildman–Crippen MR) is 82.8 cm³/mol. The normalized spacial score (nSPS) is 10.6. The second kappa shape index (κ2) is 6.77. The average Bonchev–Trinajstić information content (AvgIpc) is 2.42. The van der Waals surface area contributed by atoms with Crippen molar-refractivity contribution < 1.29 is 0 Å². The number of benzene rings is 1. The lowest BCUT2D eigenvalue weighted by atomic mass is 10.2. The van der Waals surface area contributed by atoms with E-state index in [1.807, 2.05) is 0 Å².